The molecule has 0 unspecified atom stereocenters. The molecule has 0 radical (unpaired) electrons. The normalized spacial score (nSPS) is 22.7. The maximum atomic E-state index is 12.5. The van der Waals surface area contributed by atoms with Crippen molar-refractivity contribution in [3.63, 3.8) is 0 Å². The van der Waals surface area contributed by atoms with Crippen molar-refractivity contribution < 1.29 is 14.5 Å². The molecule has 0 saturated carbocycles. The second-order valence-corrected chi connectivity index (χ2v) is 6.46. The first-order valence-corrected chi connectivity index (χ1v) is 8.03. The van der Waals surface area contributed by atoms with Crippen LogP contribution >= 0.6 is 11.6 Å². The van der Waals surface area contributed by atoms with Crippen LogP contribution in [0.1, 0.15) is 31.7 Å². The Labute approximate surface area is 140 Å². The fourth-order valence-corrected chi connectivity index (χ4v) is 3.05. The van der Waals surface area contributed by atoms with E-state index in [-0.39, 0.29) is 36.0 Å². The van der Waals surface area contributed by atoms with E-state index in [0.717, 1.165) is 5.56 Å². The monoisotopic (exact) mass is 340 g/mol. The topological polar surface area (TPSA) is 72.7 Å². The van der Waals surface area contributed by atoms with Crippen LogP contribution < -0.4 is 0 Å². The standard InChI is InChI=1S/C16H21ClN2O4/c1-11-8-18(9-12(2)23-11)16(20)7-14(10-19(21)22)13-3-5-15(17)6-4-13/h3-6,11-12,14H,7-10H2,1-2H3/t11-,12-,14-/m0/s1. The Balaban J connectivity index is 2.09. The summed E-state index contributed by atoms with van der Waals surface area (Å²) in [5.41, 5.74) is 0.758. The van der Waals surface area contributed by atoms with Crippen LogP contribution in [0.25, 0.3) is 0 Å². The summed E-state index contributed by atoms with van der Waals surface area (Å²) in [5.74, 6) is -0.531. The molecule has 0 spiro atoms. The number of halogens is 1. The molecule has 1 heterocycles. The van der Waals surface area contributed by atoms with Gasteiger partial charge in [0.15, 0.2) is 0 Å². The minimum Gasteiger partial charge on any atom is -0.372 e. The summed E-state index contributed by atoms with van der Waals surface area (Å²) in [6.07, 6.45) is 0.0709. The van der Waals surface area contributed by atoms with Gasteiger partial charge in [0.25, 0.3) is 0 Å². The molecule has 1 saturated heterocycles. The quantitative estimate of drug-likeness (QED) is 0.610. The molecule has 7 heteroatoms. The summed E-state index contributed by atoms with van der Waals surface area (Å²) in [7, 11) is 0. The van der Waals surface area contributed by atoms with Crippen LogP contribution in [0.4, 0.5) is 0 Å². The average molecular weight is 341 g/mol. The lowest BCUT2D eigenvalue weighted by Gasteiger charge is -2.35. The second-order valence-electron chi connectivity index (χ2n) is 6.02. The minimum absolute atomic E-state index is 0.0211. The van der Waals surface area contributed by atoms with Gasteiger partial charge in [-0.3, -0.25) is 14.9 Å². The van der Waals surface area contributed by atoms with Gasteiger partial charge in [-0.15, -0.1) is 0 Å². The predicted octanol–water partition coefficient (Wildman–Crippen LogP) is 2.73. The van der Waals surface area contributed by atoms with Gasteiger partial charge >= 0.3 is 0 Å². The summed E-state index contributed by atoms with van der Waals surface area (Å²) in [5, 5.41) is 11.5. The molecule has 1 amide bonds. The molecule has 1 fully saturated rings. The molecule has 1 aliphatic rings. The lowest BCUT2D eigenvalue weighted by Crippen LogP contribution is -2.48. The zero-order valence-corrected chi connectivity index (χ0v) is 14.0. The zero-order valence-electron chi connectivity index (χ0n) is 13.3. The molecule has 23 heavy (non-hydrogen) atoms. The number of benzene rings is 1. The number of nitrogens with zero attached hydrogens (tertiary/aromatic N) is 2. The Kier molecular flexibility index (Phi) is 5.96. The van der Waals surface area contributed by atoms with Crippen LogP contribution in [0.3, 0.4) is 0 Å². The minimum atomic E-state index is -0.455. The summed E-state index contributed by atoms with van der Waals surface area (Å²) in [6.45, 7) is 4.61. The van der Waals surface area contributed by atoms with Gasteiger partial charge in [0.2, 0.25) is 12.5 Å². The average Bonchev–Trinajstić information content (AvgIpc) is 2.45. The van der Waals surface area contributed by atoms with Gasteiger partial charge < -0.3 is 9.64 Å². The van der Waals surface area contributed by atoms with Crippen molar-refractivity contribution in [3.05, 3.63) is 45.0 Å². The van der Waals surface area contributed by atoms with Gasteiger partial charge in [-0.25, -0.2) is 0 Å². The Morgan fingerprint density at radius 1 is 1.35 bits per heavy atom. The van der Waals surface area contributed by atoms with E-state index >= 15 is 0 Å². The third kappa shape index (κ3) is 5.18. The highest BCUT2D eigenvalue weighted by Gasteiger charge is 2.29. The van der Waals surface area contributed by atoms with Crippen molar-refractivity contribution in [2.75, 3.05) is 19.6 Å². The number of nitro groups is 1. The molecule has 126 valence electrons. The second kappa shape index (κ2) is 7.75. The summed E-state index contributed by atoms with van der Waals surface area (Å²) >= 11 is 5.86. The van der Waals surface area contributed by atoms with Crippen molar-refractivity contribution in [3.8, 4) is 0 Å². The Morgan fingerprint density at radius 3 is 2.43 bits per heavy atom. The predicted molar refractivity (Wildman–Crippen MR) is 87.3 cm³/mol. The maximum Gasteiger partial charge on any atom is 0.223 e. The maximum absolute atomic E-state index is 12.5. The fraction of sp³-hybridized carbons (Fsp3) is 0.562. The lowest BCUT2D eigenvalue weighted by molar-refractivity contribution is -0.483. The van der Waals surface area contributed by atoms with Crippen LogP contribution in [-0.2, 0) is 9.53 Å². The van der Waals surface area contributed by atoms with Crippen molar-refractivity contribution in [2.24, 2.45) is 0 Å². The number of ether oxygens (including phenoxy) is 1. The van der Waals surface area contributed by atoms with E-state index in [0.29, 0.717) is 18.1 Å². The molecular formula is C16H21ClN2O4. The first kappa shape index (κ1) is 17.7. The smallest absolute Gasteiger partial charge is 0.223 e. The van der Waals surface area contributed by atoms with E-state index in [4.69, 9.17) is 16.3 Å². The summed E-state index contributed by atoms with van der Waals surface area (Å²) in [4.78, 5) is 24.8. The van der Waals surface area contributed by atoms with Crippen molar-refractivity contribution >= 4 is 17.5 Å². The van der Waals surface area contributed by atoms with E-state index in [9.17, 15) is 14.9 Å². The summed E-state index contributed by atoms with van der Waals surface area (Å²) < 4.78 is 5.62. The third-order valence-electron chi connectivity index (χ3n) is 3.90. The molecule has 1 aliphatic heterocycles. The molecule has 0 N–H and O–H groups in total. The third-order valence-corrected chi connectivity index (χ3v) is 4.16. The van der Waals surface area contributed by atoms with Gasteiger partial charge in [0.1, 0.15) is 0 Å². The van der Waals surface area contributed by atoms with Crippen LogP contribution in [0.15, 0.2) is 24.3 Å². The van der Waals surface area contributed by atoms with E-state index in [1.54, 1.807) is 29.2 Å². The SMILES string of the molecule is C[C@H]1CN(C(=O)C[C@@H](C[N+](=O)[O-])c2ccc(Cl)cc2)C[C@H](C)O1. The van der Waals surface area contributed by atoms with Crippen molar-refractivity contribution in [1.29, 1.82) is 0 Å². The number of hydrogen-bond donors (Lipinski definition) is 0. The Morgan fingerprint density at radius 2 is 1.91 bits per heavy atom. The van der Waals surface area contributed by atoms with Crippen LogP contribution in [0.5, 0.6) is 0 Å². The number of amides is 1. The van der Waals surface area contributed by atoms with Gasteiger partial charge in [0.05, 0.1) is 18.1 Å². The van der Waals surface area contributed by atoms with Gasteiger partial charge in [-0.05, 0) is 31.5 Å². The number of carbonyl (C=O) groups excluding carboxylic acids is 1. The fourth-order valence-electron chi connectivity index (χ4n) is 2.92. The largest absolute Gasteiger partial charge is 0.372 e. The summed E-state index contributed by atoms with van der Waals surface area (Å²) in [6, 6.07) is 6.86. The molecule has 1 aromatic rings. The van der Waals surface area contributed by atoms with Crippen LogP contribution in [0, 0.1) is 10.1 Å². The number of hydrogen-bond acceptors (Lipinski definition) is 4. The van der Waals surface area contributed by atoms with E-state index < -0.39 is 5.92 Å². The lowest BCUT2D eigenvalue weighted by atomic mass is 9.95. The highest BCUT2D eigenvalue weighted by atomic mass is 35.5. The molecule has 3 atom stereocenters. The Bertz CT molecular complexity index is 554. The molecule has 0 aliphatic carbocycles. The number of morpholine rings is 1. The molecule has 0 bridgehead atoms. The molecule has 1 aromatic carbocycles. The first-order chi connectivity index (χ1) is 10.8. The van der Waals surface area contributed by atoms with Crippen molar-refractivity contribution in [2.45, 2.75) is 38.4 Å². The first-order valence-electron chi connectivity index (χ1n) is 7.65. The molecule has 6 nitrogen and oxygen atoms in total. The number of rotatable bonds is 5. The van der Waals surface area contributed by atoms with Gasteiger partial charge in [0, 0.05) is 29.5 Å². The highest BCUT2D eigenvalue weighted by Crippen LogP contribution is 2.24. The molecule has 2 rings (SSSR count). The van der Waals surface area contributed by atoms with E-state index in [1.165, 1.54) is 0 Å². The van der Waals surface area contributed by atoms with Gasteiger partial charge in [-0.2, -0.15) is 0 Å². The van der Waals surface area contributed by atoms with E-state index in [2.05, 4.69) is 0 Å². The zero-order chi connectivity index (χ0) is 17.0. The van der Waals surface area contributed by atoms with Crippen molar-refractivity contribution in [1.82, 2.24) is 4.90 Å². The van der Waals surface area contributed by atoms with E-state index in [1.807, 2.05) is 13.8 Å². The van der Waals surface area contributed by atoms with Crippen LogP contribution in [0.2, 0.25) is 5.02 Å². The number of carbonyl (C=O) groups is 1. The molecule has 0 aromatic heterocycles. The van der Waals surface area contributed by atoms with Gasteiger partial charge in [-0.1, -0.05) is 23.7 Å². The highest BCUT2D eigenvalue weighted by molar-refractivity contribution is 6.30. The Hall–Kier alpha value is -1.66. The van der Waals surface area contributed by atoms with Crippen LogP contribution in [-0.4, -0.2) is 47.6 Å². The molecular weight excluding hydrogens is 320 g/mol.